The number of hydrogen-bond donors (Lipinski definition) is 0. The van der Waals surface area contributed by atoms with Gasteiger partial charge in [-0.15, -0.1) is 0 Å². The van der Waals surface area contributed by atoms with E-state index in [1.54, 1.807) is 6.07 Å². The molecule has 0 atom stereocenters. The predicted octanol–water partition coefficient (Wildman–Crippen LogP) is 3.87. The Morgan fingerprint density at radius 3 is 2.33 bits per heavy atom. The summed E-state index contributed by atoms with van der Waals surface area (Å²) in [5, 5.41) is -0.268. The van der Waals surface area contributed by atoms with Crippen molar-refractivity contribution in [2.45, 2.75) is 16.4 Å². The Kier molecular flexibility index (Phi) is 7.92. The molecule has 0 N–H and O–H groups in total. The fraction of sp³-hybridized carbons (Fsp3) is 0.182. The topological polar surface area (TPSA) is 130 Å². The highest BCUT2D eigenvalue weighted by Crippen LogP contribution is 2.37. The number of sulfonamides is 1. The van der Waals surface area contributed by atoms with E-state index in [1.807, 2.05) is 0 Å². The van der Waals surface area contributed by atoms with E-state index in [0.29, 0.717) is 14.3 Å². The standard InChI is InChI=1S/C22H18ClF3N4O7S2/c1-35-12-30(16-10-15(24)20(37-22(25)26)28-21(16)36-2)39(33,34)17-11-29(19-14(17)8-9-18(23)27-19)38(31,32)13-6-4-3-5-7-13/h3-11,22H,12H2,1-2H3. The van der Waals surface area contributed by atoms with Crippen molar-refractivity contribution in [2.75, 3.05) is 25.3 Å². The molecule has 4 aromatic rings. The molecular weight excluding hydrogens is 589 g/mol. The number of pyridine rings is 2. The molecule has 3 heterocycles. The average molecular weight is 607 g/mol. The number of anilines is 1. The van der Waals surface area contributed by atoms with E-state index in [4.69, 9.17) is 21.1 Å². The van der Waals surface area contributed by atoms with Crippen molar-refractivity contribution in [2.24, 2.45) is 0 Å². The molecule has 0 aliphatic carbocycles. The van der Waals surface area contributed by atoms with Crippen LogP contribution in [0, 0.1) is 5.82 Å². The zero-order chi connectivity index (χ0) is 28.5. The molecule has 0 bridgehead atoms. The molecule has 1 aromatic carbocycles. The first-order valence-electron chi connectivity index (χ1n) is 10.6. The lowest BCUT2D eigenvalue weighted by Crippen LogP contribution is -2.33. The van der Waals surface area contributed by atoms with E-state index >= 15 is 0 Å². The van der Waals surface area contributed by atoms with Crippen LogP contribution in [0.2, 0.25) is 5.15 Å². The average Bonchev–Trinajstić information content (AvgIpc) is 3.29. The van der Waals surface area contributed by atoms with Crippen molar-refractivity contribution in [3.8, 4) is 11.8 Å². The van der Waals surface area contributed by atoms with Crippen LogP contribution in [-0.4, -0.2) is 58.3 Å². The van der Waals surface area contributed by atoms with Crippen molar-refractivity contribution in [1.29, 1.82) is 0 Å². The van der Waals surface area contributed by atoms with Crippen molar-refractivity contribution in [3.63, 3.8) is 0 Å². The van der Waals surface area contributed by atoms with Crippen LogP contribution in [0.1, 0.15) is 0 Å². The normalized spacial score (nSPS) is 12.2. The molecule has 3 aromatic heterocycles. The summed E-state index contributed by atoms with van der Waals surface area (Å²) in [4.78, 5) is 6.79. The van der Waals surface area contributed by atoms with Crippen LogP contribution in [-0.2, 0) is 24.8 Å². The Labute approximate surface area is 225 Å². The maximum atomic E-state index is 14.6. The fourth-order valence-corrected chi connectivity index (χ4v) is 6.66. The van der Waals surface area contributed by atoms with Gasteiger partial charge in [-0.2, -0.15) is 13.8 Å². The van der Waals surface area contributed by atoms with Gasteiger partial charge < -0.3 is 14.2 Å². The Morgan fingerprint density at radius 1 is 1.03 bits per heavy atom. The number of halogens is 4. The molecule has 0 fully saturated rings. The van der Waals surface area contributed by atoms with E-state index in [2.05, 4.69) is 14.7 Å². The molecule has 0 spiro atoms. The number of ether oxygens (including phenoxy) is 3. The summed E-state index contributed by atoms with van der Waals surface area (Å²) in [7, 11) is -6.99. The van der Waals surface area contributed by atoms with E-state index in [0.717, 1.165) is 20.4 Å². The van der Waals surface area contributed by atoms with E-state index in [1.165, 1.54) is 36.4 Å². The fourth-order valence-electron chi connectivity index (χ4n) is 3.56. The van der Waals surface area contributed by atoms with E-state index < -0.39 is 61.5 Å². The smallest absolute Gasteiger partial charge is 0.388 e. The second-order valence-electron chi connectivity index (χ2n) is 7.57. The van der Waals surface area contributed by atoms with Gasteiger partial charge in [0.05, 0.1) is 12.0 Å². The van der Waals surface area contributed by atoms with Crippen LogP contribution in [0.25, 0.3) is 11.0 Å². The monoisotopic (exact) mass is 606 g/mol. The predicted molar refractivity (Wildman–Crippen MR) is 133 cm³/mol. The molecule has 0 radical (unpaired) electrons. The molecule has 17 heteroatoms. The van der Waals surface area contributed by atoms with Gasteiger partial charge in [0.15, 0.2) is 11.5 Å². The Hall–Kier alpha value is -3.60. The van der Waals surface area contributed by atoms with Gasteiger partial charge >= 0.3 is 6.61 Å². The minimum atomic E-state index is -4.80. The lowest BCUT2D eigenvalue weighted by atomic mass is 10.3. The number of methoxy groups -OCH3 is 2. The summed E-state index contributed by atoms with van der Waals surface area (Å²) in [6, 6.07) is 10.2. The SMILES string of the molecule is COCN(c1cc(F)c(OC(F)F)nc1OC)S(=O)(=O)c1cn(S(=O)(=O)c2ccccc2)c2nc(Cl)ccc12. The maximum absolute atomic E-state index is 14.6. The quantitative estimate of drug-likeness (QED) is 0.195. The largest absolute Gasteiger partial charge is 0.479 e. The number of rotatable bonds is 10. The lowest BCUT2D eigenvalue weighted by molar-refractivity contribution is -0.0556. The number of alkyl halides is 2. The van der Waals surface area contributed by atoms with Crippen LogP contribution in [0.15, 0.2) is 64.5 Å². The number of nitrogens with zero attached hydrogens (tertiary/aromatic N) is 4. The summed E-state index contributed by atoms with van der Waals surface area (Å²) in [6.45, 7) is -4.16. The number of hydrogen-bond acceptors (Lipinski definition) is 9. The summed E-state index contributed by atoms with van der Waals surface area (Å²) in [6.07, 6.45) is 0.818. The Balaban J connectivity index is 1.96. The minimum Gasteiger partial charge on any atom is -0.479 e. The first-order valence-corrected chi connectivity index (χ1v) is 13.9. The molecule has 0 amide bonds. The highest BCUT2D eigenvalue weighted by molar-refractivity contribution is 7.93. The van der Waals surface area contributed by atoms with Crippen molar-refractivity contribution >= 4 is 48.4 Å². The van der Waals surface area contributed by atoms with Crippen LogP contribution < -0.4 is 13.8 Å². The van der Waals surface area contributed by atoms with Gasteiger partial charge in [0, 0.05) is 24.8 Å². The van der Waals surface area contributed by atoms with Gasteiger partial charge in [0.2, 0.25) is 5.88 Å². The molecule has 0 unspecified atom stereocenters. The third-order valence-electron chi connectivity index (χ3n) is 5.22. The molecule has 0 saturated carbocycles. The van der Waals surface area contributed by atoms with Crippen molar-refractivity contribution in [1.82, 2.24) is 13.9 Å². The number of aromatic nitrogens is 3. The van der Waals surface area contributed by atoms with Crippen molar-refractivity contribution in [3.05, 3.63) is 65.7 Å². The summed E-state index contributed by atoms with van der Waals surface area (Å²) in [5.41, 5.74) is -0.855. The molecule has 208 valence electrons. The van der Waals surface area contributed by atoms with Crippen LogP contribution in [0.5, 0.6) is 11.8 Å². The molecule has 0 aliphatic rings. The molecular formula is C22H18ClF3N4O7S2. The minimum absolute atomic E-state index is 0.120. The zero-order valence-corrected chi connectivity index (χ0v) is 22.3. The zero-order valence-electron chi connectivity index (χ0n) is 20.0. The summed E-state index contributed by atoms with van der Waals surface area (Å²) in [5.74, 6) is -3.16. The van der Waals surface area contributed by atoms with E-state index in [9.17, 15) is 30.0 Å². The second kappa shape index (κ2) is 10.9. The second-order valence-corrected chi connectivity index (χ2v) is 11.6. The van der Waals surface area contributed by atoms with Crippen molar-refractivity contribution < 1.29 is 44.2 Å². The molecule has 4 rings (SSSR count). The van der Waals surface area contributed by atoms with E-state index in [-0.39, 0.29) is 21.1 Å². The Morgan fingerprint density at radius 2 is 1.72 bits per heavy atom. The first-order chi connectivity index (χ1) is 18.4. The van der Waals surface area contributed by atoms with Gasteiger partial charge in [0.25, 0.3) is 25.9 Å². The van der Waals surface area contributed by atoms with Crippen LogP contribution in [0.3, 0.4) is 0 Å². The number of benzene rings is 1. The lowest BCUT2D eigenvalue weighted by Gasteiger charge is -2.24. The van der Waals surface area contributed by atoms with Crippen LogP contribution >= 0.6 is 11.6 Å². The summed E-state index contributed by atoms with van der Waals surface area (Å²) >= 11 is 6.00. The Bertz CT molecular complexity index is 1740. The first kappa shape index (κ1) is 28.4. The van der Waals surface area contributed by atoms with Gasteiger partial charge in [0.1, 0.15) is 22.5 Å². The summed E-state index contributed by atoms with van der Waals surface area (Å²) < 4.78 is 110. The van der Waals surface area contributed by atoms with Crippen LogP contribution in [0.4, 0.5) is 18.9 Å². The van der Waals surface area contributed by atoms with Gasteiger partial charge in [-0.05, 0) is 24.3 Å². The highest BCUT2D eigenvalue weighted by Gasteiger charge is 2.35. The third-order valence-corrected chi connectivity index (χ3v) is 8.86. The third kappa shape index (κ3) is 5.32. The van der Waals surface area contributed by atoms with Gasteiger partial charge in [-0.1, -0.05) is 29.8 Å². The molecule has 39 heavy (non-hydrogen) atoms. The van der Waals surface area contributed by atoms with Gasteiger partial charge in [-0.25, -0.2) is 34.5 Å². The molecule has 0 aliphatic heterocycles. The van der Waals surface area contributed by atoms with Gasteiger partial charge in [-0.3, -0.25) is 0 Å². The maximum Gasteiger partial charge on any atom is 0.388 e. The number of fused-ring (bicyclic) bond motifs is 1. The molecule has 11 nitrogen and oxygen atoms in total. The highest BCUT2D eigenvalue weighted by atomic mass is 35.5. The molecule has 0 saturated heterocycles.